The van der Waals surface area contributed by atoms with Gasteiger partial charge in [-0.2, -0.15) is 0 Å². The molecule has 2 heteroatoms. The number of fused-ring (bicyclic) bond motifs is 1. The first-order valence-corrected chi connectivity index (χ1v) is 7.57. The molecule has 0 bridgehead atoms. The van der Waals surface area contributed by atoms with Gasteiger partial charge in [0, 0.05) is 25.2 Å². The van der Waals surface area contributed by atoms with Gasteiger partial charge in [0.05, 0.1) is 0 Å². The third kappa shape index (κ3) is 3.69. The van der Waals surface area contributed by atoms with Gasteiger partial charge >= 0.3 is 0 Å². The minimum absolute atomic E-state index is 0.450. The van der Waals surface area contributed by atoms with E-state index in [9.17, 15) is 0 Å². The van der Waals surface area contributed by atoms with E-state index in [-0.39, 0.29) is 0 Å². The van der Waals surface area contributed by atoms with E-state index < -0.39 is 0 Å². The highest BCUT2D eigenvalue weighted by Gasteiger charge is 2.34. The Balaban J connectivity index is 1.67. The summed E-state index contributed by atoms with van der Waals surface area (Å²) >= 11 is 0. The Morgan fingerprint density at radius 2 is 2.00 bits per heavy atom. The van der Waals surface area contributed by atoms with Crippen LogP contribution >= 0.6 is 0 Å². The molecule has 0 aromatic carbocycles. The van der Waals surface area contributed by atoms with Crippen LogP contribution in [0, 0.1) is 11.3 Å². The molecule has 0 spiro atoms. The summed E-state index contributed by atoms with van der Waals surface area (Å²) < 4.78 is 0. The molecule has 1 heterocycles. The summed E-state index contributed by atoms with van der Waals surface area (Å²) in [5, 5.41) is 7.50. The van der Waals surface area contributed by atoms with Crippen molar-refractivity contribution >= 4 is 0 Å². The molecule has 0 radical (unpaired) electrons. The molecule has 1 aliphatic carbocycles. The van der Waals surface area contributed by atoms with Crippen LogP contribution < -0.4 is 10.6 Å². The molecule has 1 saturated heterocycles. The summed E-state index contributed by atoms with van der Waals surface area (Å²) in [6.45, 7) is 9.29. The number of nitrogens with one attached hydrogen (secondary N) is 2. The van der Waals surface area contributed by atoms with Crippen LogP contribution in [0.1, 0.15) is 59.3 Å². The molecular formula is C15H30N2. The maximum Gasteiger partial charge on any atom is 0.0198 e. The molecule has 0 aromatic rings. The van der Waals surface area contributed by atoms with Gasteiger partial charge in [-0.3, -0.25) is 0 Å². The van der Waals surface area contributed by atoms with Gasteiger partial charge in [-0.1, -0.05) is 33.6 Å². The van der Waals surface area contributed by atoms with Crippen LogP contribution in [0.4, 0.5) is 0 Å². The third-order valence-corrected chi connectivity index (χ3v) is 4.90. The van der Waals surface area contributed by atoms with Crippen LogP contribution in [-0.4, -0.2) is 25.2 Å². The van der Waals surface area contributed by atoms with E-state index in [0.717, 1.165) is 31.1 Å². The normalized spacial score (nSPS) is 33.7. The largest absolute Gasteiger partial charge is 0.315 e. The van der Waals surface area contributed by atoms with Gasteiger partial charge in [0.15, 0.2) is 0 Å². The SMILES string of the molecule is CCC(C)(C)CNCC1CC2CCCCC2N1. The van der Waals surface area contributed by atoms with E-state index in [0.29, 0.717) is 5.41 Å². The van der Waals surface area contributed by atoms with Crippen molar-refractivity contribution in [2.75, 3.05) is 13.1 Å². The first kappa shape index (κ1) is 13.4. The van der Waals surface area contributed by atoms with E-state index >= 15 is 0 Å². The number of rotatable bonds is 5. The first-order chi connectivity index (χ1) is 8.11. The van der Waals surface area contributed by atoms with E-state index in [1.165, 1.54) is 38.5 Å². The van der Waals surface area contributed by atoms with Crippen molar-refractivity contribution in [1.82, 2.24) is 10.6 Å². The second kappa shape index (κ2) is 5.71. The van der Waals surface area contributed by atoms with Crippen LogP contribution in [0.25, 0.3) is 0 Å². The second-order valence-electron chi connectivity index (χ2n) is 6.90. The van der Waals surface area contributed by atoms with E-state index in [4.69, 9.17) is 0 Å². The molecule has 1 aliphatic heterocycles. The molecule has 100 valence electrons. The van der Waals surface area contributed by atoms with Crippen molar-refractivity contribution in [3.8, 4) is 0 Å². The molecule has 2 fully saturated rings. The van der Waals surface area contributed by atoms with Crippen molar-refractivity contribution in [2.24, 2.45) is 11.3 Å². The fourth-order valence-electron chi connectivity index (χ4n) is 3.30. The van der Waals surface area contributed by atoms with Gasteiger partial charge in [-0.05, 0) is 37.0 Å². The highest BCUT2D eigenvalue weighted by Crippen LogP contribution is 2.33. The van der Waals surface area contributed by atoms with E-state index in [1.54, 1.807) is 0 Å². The van der Waals surface area contributed by atoms with Crippen molar-refractivity contribution < 1.29 is 0 Å². The fraction of sp³-hybridized carbons (Fsp3) is 1.00. The Morgan fingerprint density at radius 3 is 2.71 bits per heavy atom. The summed E-state index contributed by atoms with van der Waals surface area (Å²) in [7, 11) is 0. The van der Waals surface area contributed by atoms with Crippen LogP contribution in [0.3, 0.4) is 0 Å². The Hall–Kier alpha value is -0.0800. The zero-order valence-corrected chi connectivity index (χ0v) is 11.9. The van der Waals surface area contributed by atoms with Crippen molar-refractivity contribution in [1.29, 1.82) is 0 Å². The minimum atomic E-state index is 0.450. The lowest BCUT2D eigenvalue weighted by Crippen LogP contribution is -2.40. The van der Waals surface area contributed by atoms with Crippen molar-refractivity contribution in [3.05, 3.63) is 0 Å². The molecule has 0 aromatic heterocycles. The molecule has 3 atom stereocenters. The maximum atomic E-state index is 3.83. The lowest BCUT2D eigenvalue weighted by atomic mass is 9.85. The molecular weight excluding hydrogens is 208 g/mol. The highest BCUT2D eigenvalue weighted by molar-refractivity contribution is 4.93. The third-order valence-electron chi connectivity index (χ3n) is 4.90. The fourth-order valence-corrected chi connectivity index (χ4v) is 3.30. The van der Waals surface area contributed by atoms with Crippen molar-refractivity contribution in [2.45, 2.75) is 71.4 Å². The lowest BCUT2D eigenvalue weighted by molar-refractivity contribution is 0.320. The zero-order chi connectivity index (χ0) is 12.3. The first-order valence-electron chi connectivity index (χ1n) is 7.57. The molecule has 17 heavy (non-hydrogen) atoms. The molecule has 1 saturated carbocycles. The van der Waals surface area contributed by atoms with Gasteiger partial charge in [0.25, 0.3) is 0 Å². The molecule has 0 amide bonds. The smallest absolute Gasteiger partial charge is 0.0198 e. The van der Waals surface area contributed by atoms with Crippen LogP contribution in [0.5, 0.6) is 0 Å². The lowest BCUT2D eigenvalue weighted by Gasteiger charge is -2.25. The van der Waals surface area contributed by atoms with Crippen LogP contribution in [0.2, 0.25) is 0 Å². The summed E-state index contributed by atoms with van der Waals surface area (Å²) in [6.07, 6.45) is 8.45. The van der Waals surface area contributed by atoms with Gasteiger partial charge < -0.3 is 10.6 Å². The average Bonchev–Trinajstić information content (AvgIpc) is 2.71. The molecule has 2 rings (SSSR count). The maximum absolute atomic E-state index is 3.83. The quantitative estimate of drug-likeness (QED) is 0.769. The van der Waals surface area contributed by atoms with Crippen LogP contribution in [0.15, 0.2) is 0 Å². The highest BCUT2D eigenvalue weighted by atomic mass is 15.0. The number of hydrogen-bond acceptors (Lipinski definition) is 2. The van der Waals surface area contributed by atoms with Gasteiger partial charge in [-0.15, -0.1) is 0 Å². The average molecular weight is 238 g/mol. The zero-order valence-electron chi connectivity index (χ0n) is 11.9. The molecule has 3 unspecified atom stereocenters. The van der Waals surface area contributed by atoms with Crippen LogP contribution in [-0.2, 0) is 0 Å². The summed E-state index contributed by atoms with van der Waals surface area (Å²) in [5.74, 6) is 0.981. The van der Waals surface area contributed by atoms with Gasteiger partial charge in [0.1, 0.15) is 0 Å². The Bertz CT molecular complexity index is 223. The number of hydrogen-bond donors (Lipinski definition) is 2. The van der Waals surface area contributed by atoms with E-state index in [1.807, 2.05) is 0 Å². The topological polar surface area (TPSA) is 24.1 Å². The predicted molar refractivity (Wildman–Crippen MR) is 74.2 cm³/mol. The standard InChI is InChI=1S/C15H30N2/c1-4-15(2,3)11-16-10-13-9-12-7-5-6-8-14(12)17-13/h12-14,16-17H,4-11H2,1-3H3. The second-order valence-corrected chi connectivity index (χ2v) is 6.90. The van der Waals surface area contributed by atoms with Crippen molar-refractivity contribution in [3.63, 3.8) is 0 Å². The predicted octanol–water partition coefficient (Wildman–Crippen LogP) is 2.93. The Kier molecular flexibility index (Phi) is 4.48. The van der Waals surface area contributed by atoms with Gasteiger partial charge in [0.2, 0.25) is 0 Å². The summed E-state index contributed by atoms with van der Waals surface area (Å²) in [6, 6.07) is 1.57. The molecule has 2 nitrogen and oxygen atoms in total. The monoisotopic (exact) mass is 238 g/mol. The molecule has 2 aliphatic rings. The van der Waals surface area contributed by atoms with E-state index in [2.05, 4.69) is 31.4 Å². The Morgan fingerprint density at radius 1 is 1.24 bits per heavy atom. The molecule has 2 N–H and O–H groups in total. The Labute approximate surface area is 107 Å². The van der Waals surface area contributed by atoms with Gasteiger partial charge in [-0.25, -0.2) is 0 Å². The minimum Gasteiger partial charge on any atom is -0.315 e. The summed E-state index contributed by atoms with van der Waals surface area (Å²) in [4.78, 5) is 0. The summed E-state index contributed by atoms with van der Waals surface area (Å²) in [5.41, 5.74) is 0.450.